The fraction of sp³-hybridized carbons (Fsp3) is 0.538. The standard InChI is InChI=1S/C13H19BrN2O/c1-13(2,15)9-4-5-12(11(14)6-9)17-10-7-16(3)8-10/h4-6,10H,7-8,15H2,1-3H3. The summed E-state index contributed by atoms with van der Waals surface area (Å²) in [7, 11) is 2.09. The number of nitrogens with two attached hydrogens (primary N) is 1. The SMILES string of the molecule is CN1CC(Oc2ccc(C(C)(C)N)cc2Br)C1. The van der Waals surface area contributed by atoms with Gasteiger partial charge in [-0.25, -0.2) is 0 Å². The molecule has 0 aromatic heterocycles. The van der Waals surface area contributed by atoms with Crippen molar-refractivity contribution in [2.24, 2.45) is 5.73 Å². The Labute approximate surface area is 111 Å². The van der Waals surface area contributed by atoms with Crippen LogP contribution in [-0.2, 0) is 5.54 Å². The Morgan fingerprint density at radius 2 is 2.06 bits per heavy atom. The zero-order valence-electron chi connectivity index (χ0n) is 10.5. The Bertz CT molecular complexity index is 408. The van der Waals surface area contributed by atoms with Gasteiger partial charge in [0, 0.05) is 18.6 Å². The maximum Gasteiger partial charge on any atom is 0.134 e. The second kappa shape index (κ2) is 4.59. The third-order valence-electron chi connectivity index (χ3n) is 3.00. The largest absolute Gasteiger partial charge is 0.487 e. The summed E-state index contributed by atoms with van der Waals surface area (Å²) in [5.74, 6) is 0.899. The molecule has 1 saturated heterocycles. The molecule has 0 aliphatic carbocycles. The lowest BCUT2D eigenvalue weighted by Crippen LogP contribution is -2.51. The molecule has 0 saturated carbocycles. The maximum absolute atomic E-state index is 6.06. The van der Waals surface area contributed by atoms with E-state index in [-0.39, 0.29) is 5.54 Å². The average Bonchev–Trinajstić information content (AvgIpc) is 2.16. The van der Waals surface area contributed by atoms with Crippen molar-refractivity contribution in [2.45, 2.75) is 25.5 Å². The molecule has 1 aromatic rings. The Morgan fingerprint density at radius 3 is 2.53 bits per heavy atom. The van der Waals surface area contributed by atoms with E-state index in [0.717, 1.165) is 28.9 Å². The molecule has 0 unspecified atom stereocenters. The smallest absolute Gasteiger partial charge is 0.134 e. The van der Waals surface area contributed by atoms with Crippen LogP contribution in [0, 0.1) is 0 Å². The number of benzene rings is 1. The van der Waals surface area contributed by atoms with E-state index in [1.54, 1.807) is 0 Å². The lowest BCUT2D eigenvalue weighted by Gasteiger charge is -2.36. The van der Waals surface area contributed by atoms with Crippen LogP contribution in [0.4, 0.5) is 0 Å². The van der Waals surface area contributed by atoms with Crippen molar-refractivity contribution in [1.29, 1.82) is 0 Å². The second-order valence-electron chi connectivity index (χ2n) is 5.33. The highest BCUT2D eigenvalue weighted by Crippen LogP contribution is 2.31. The molecule has 94 valence electrons. The van der Waals surface area contributed by atoms with Gasteiger partial charge in [0.05, 0.1) is 4.47 Å². The lowest BCUT2D eigenvalue weighted by atomic mass is 9.96. The molecule has 1 fully saturated rings. The summed E-state index contributed by atoms with van der Waals surface area (Å²) in [6.45, 7) is 5.99. The molecule has 0 bridgehead atoms. The van der Waals surface area contributed by atoms with Crippen LogP contribution in [0.25, 0.3) is 0 Å². The molecule has 1 heterocycles. The van der Waals surface area contributed by atoms with Crippen molar-refractivity contribution < 1.29 is 4.74 Å². The van der Waals surface area contributed by atoms with Crippen LogP contribution in [0.15, 0.2) is 22.7 Å². The molecule has 2 N–H and O–H groups in total. The van der Waals surface area contributed by atoms with Crippen LogP contribution in [0.3, 0.4) is 0 Å². The molecular weight excluding hydrogens is 280 g/mol. The molecule has 0 atom stereocenters. The van der Waals surface area contributed by atoms with E-state index in [4.69, 9.17) is 10.5 Å². The van der Waals surface area contributed by atoms with E-state index < -0.39 is 0 Å². The first-order valence-electron chi connectivity index (χ1n) is 5.80. The Balaban J connectivity index is 2.09. The highest BCUT2D eigenvalue weighted by Gasteiger charge is 2.25. The van der Waals surface area contributed by atoms with E-state index >= 15 is 0 Å². The van der Waals surface area contributed by atoms with Gasteiger partial charge in [0.15, 0.2) is 0 Å². The lowest BCUT2D eigenvalue weighted by molar-refractivity contribution is 0.0383. The number of nitrogens with zero attached hydrogens (tertiary/aromatic N) is 1. The summed E-state index contributed by atoms with van der Waals surface area (Å²) in [5.41, 5.74) is 6.84. The normalized spacial score (nSPS) is 17.9. The summed E-state index contributed by atoms with van der Waals surface area (Å²) in [6, 6.07) is 6.06. The van der Waals surface area contributed by atoms with Gasteiger partial charge in [0.2, 0.25) is 0 Å². The molecule has 1 aromatic carbocycles. The van der Waals surface area contributed by atoms with Crippen molar-refractivity contribution in [3.8, 4) is 5.75 Å². The Kier molecular flexibility index (Phi) is 3.48. The predicted molar refractivity (Wildman–Crippen MR) is 73.3 cm³/mol. The molecule has 0 amide bonds. The van der Waals surface area contributed by atoms with Crippen molar-refractivity contribution in [3.63, 3.8) is 0 Å². The van der Waals surface area contributed by atoms with E-state index in [1.807, 2.05) is 32.0 Å². The Morgan fingerprint density at radius 1 is 1.41 bits per heavy atom. The van der Waals surface area contributed by atoms with E-state index in [9.17, 15) is 0 Å². The van der Waals surface area contributed by atoms with Gasteiger partial charge >= 0.3 is 0 Å². The molecule has 1 aliphatic heterocycles. The summed E-state index contributed by atoms with van der Waals surface area (Å²) < 4.78 is 6.86. The number of hydrogen-bond donors (Lipinski definition) is 1. The zero-order chi connectivity index (χ0) is 12.6. The fourth-order valence-corrected chi connectivity index (χ4v) is 2.37. The zero-order valence-corrected chi connectivity index (χ0v) is 12.1. The Hall–Kier alpha value is -0.580. The maximum atomic E-state index is 6.06. The quantitative estimate of drug-likeness (QED) is 0.931. The molecule has 3 nitrogen and oxygen atoms in total. The first-order valence-corrected chi connectivity index (χ1v) is 6.59. The number of rotatable bonds is 3. The number of ether oxygens (including phenoxy) is 1. The number of hydrogen-bond acceptors (Lipinski definition) is 3. The van der Waals surface area contributed by atoms with Crippen LogP contribution in [-0.4, -0.2) is 31.1 Å². The average molecular weight is 299 g/mol. The highest BCUT2D eigenvalue weighted by molar-refractivity contribution is 9.10. The van der Waals surface area contributed by atoms with Crippen LogP contribution in [0.5, 0.6) is 5.75 Å². The molecular formula is C13H19BrN2O. The summed E-state index contributed by atoms with van der Waals surface area (Å²) >= 11 is 3.54. The molecule has 17 heavy (non-hydrogen) atoms. The van der Waals surface area contributed by atoms with E-state index in [1.165, 1.54) is 0 Å². The number of halogens is 1. The van der Waals surface area contributed by atoms with Crippen molar-refractivity contribution in [1.82, 2.24) is 4.90 Å². The summed E-state index contributed by atoms with van der Waals surface area (Å²) in [5, 5.41) is 0. The van der Waals surface area contributed by atoms with Gasteiger partial charge < -0.3 is 10.5 Å². The van der Waals surface area contributed by atoms with E-state index in [0.29, 0.717) is 6.10 Å². The first-order chi connectivity index (χ1) is 7.86. The van der Waals surface area contributed by atoms with Crippen molar-refractivity contribution in [3.05, 3.63) is 28.2 Å². The number of likely N-dealkylation sites (tertiary alicyclic amines) is 1. The van der Waals surface area contributed by atoms with Gasteiger partial charge in [0.25, 0.3) is 0 Å². The summed E-state index contributed by atoms with van der Waals surface area (Å²) in [6.07, 6.45) is 0.313. The molecule has 1 aliphatic rings. The third-order valence-corrected chi connectivity index (χ3v) is 3.62. The monoisotopic (exact) mass is 298 g/mol. The van der Waals surface area contributed by atoms with E-state index in [2.05, 4.69) is 27.9 Å². The minimum absolute atomic E-state index is 0.313. The van der Waals surface area contributed by atoms with Gasteiger partial charge in [-0.2, -0.15) is 0 Å². The fourth-order valence-electron chi connectivity index (χ4n) is 1.89. The van der Waals surface area contributed by atoms with Crippen LogP contribution >= 0.6 is 15.9 Å². The first kappa shape index (κ1) is 12.9. The van der Waals surface area contributed by atoms with Crippen molar-refractivity contribution >= 4 is 15.9 Å². The van der Waals surface area contributed by atoms with Crippen LogP contribution in [0.2, 0.25) is 0 Å². The van der Waals surface area contributed by atoms with Crippen LogP contribution < -0.4 is 10.5 Å². The molecule has 2 rings (SSSR count). The van der Waals surface area contributed by atoms with Gasteiger partial charge in [-0.3, -0.25) is 4.90 Å². The third kappa shape index (κ3) is 3.00. The minimum atomic E-state index is -0.322. The highest BCUT2D eigenvalue weighted by atomic mass is 79.9. The number of likely N-dealkylation sites (N-methyl/N-ethyl adjacent to an activating group) is 1. The van der Waals surface area contributed by atoms with Gasteiger partial charge in [-0.05, 0) is 54.5 Å². The molecule has 0 radical (unpaired) electrons. The topological polar surface area (TPSA) is 38.5 Å². The van der Waals surface area contributed by atoms with Gasteiger partial charge in [0.1, 0.15) is 11.9 Å². The second-order valence-corrected chi connectivity index (χ2v) is 6.18. The summed E-state index contributed by atoms with van der Waals surface area (Å²) in [4.78, 5) is 2.23. The van der Waals surface area contributed by atoms with Crippen molar-refractivity contribution in [2.75, 3.05) is 20.1 Å². The minimum Gasteiger partial charge on any atom is -0.487 e. The van der Waals surface area contributed by atoms with Crippen LogP contribution in [0.1, 0.15) is 19.4 Å². The molecule has 0 spiro atoms. The van der Waals surface area contributed by atoms with Gasteiger partial charge in [-0.15, -0.1) is 0 Å². The van der Waals surface area contributed by atoms with Gasteiger partial charge in [-0.1, -0.05) is 6.07 Å². The predicted octanol–water partition coefficient (Wildman–Crippen LogP) is 2.34. The molecule has 4 heteroatoms.